The number of aliphatic hydroxyl groups excluding tert-OH is 1. The number of hydrogen-bond donors (Lipinski definition) is 2. The van der Waals surface area contributed by atoms with E-state index in [0.29, 0.717) is 6.42 Å². The molecule has 1 amide bonds. The maximum Gasteiger partial charge on any atom is 0.224 e. The average molecular weight is 330 g/mol. The topological polar surface area (TPSA) is 52.6 Å². The average Bonchev–Trinajstić information content (AvgIpc) is 3.08. The number of carbonyl (C=O) groups excluding carboxylic acids is 1. The molecule has 1 aromatic carbocycles. The van der Waals surface area contributed by atoms with Gasteiger partial charge in [0.05, 0.1) is 17.5 Å². The van der Waals surface area contributed by atoms with Crippen LogP contribution in [-0.4, -0.2) is 30.2 Å². The Morgan fingerprint density at radius 1 is 1.22 bits per heavy atom. The number of thiophene rings is 1. The van der Waals surface area contributed by atoms with Gasteiger partial charge in [-0.2, -0.15) is 0 Å². The third-order valence-corrected chi connectivity index (χ3v) is 5.10. The monoisotopic (exact) mass is 330 g/mol. The summed E-state index contributed by atoms with van der Waals surface area (Å²) in [7, 11) is 0. The summed E-state index contributed by atoms with van der Waals surface area (Å²) in [5, 5.41) is 14.7. The van der Waals surface area contributed by atoms with E-state index in [-0.39, 0.29) is 12.0 Å². The van der Waals surface area contributed by atoms with Gasteiger partial charge in [-0.15, -0.1) is 11.3 Å². The molecule has 0 saturated carbocycles. The Bertz CT molecular complexity index is 634. The van der Waals surface area contributed by atoms with Crippen molar-refractivity contribution in [1.82, 2.24) is 0 Å². The Kier molecular flexibility index (Phi) is 5.31. The third kappa shape index (κ3) is 4.33. The first kappa shape index (κ1) is 16.0. The van der Waals surface area contributed by atoms with E-state index in [0.717, 1.165) is 43.7 Å². The Morgan fingerprint density at radius 2 is 2.00 bits per heavy atom. The molecule has 4 nitrogen and oxygen atoms in total. The summed E-state index contributed by atoms with van der Waals surface area (Å²) in [5.74, 6) is 0.0443. The maximum absolute atomic E-state index is 12.2. The van der Waals surface area contributed by atoms with Crippen molar-refractivity contribution >= 4 is 28.6 Å². The van der Waals surface area contributed by atoms with Crippen molar-refractivity contribution in [3.8, 4) is 0 Å². The minimum absolute atomic E-state index is 0.0443. The Labute approximate surface area is 140 Å². The fourth-order valence-corrected chi connectivity index (χ4v) is 3.58. The number of para-hydroxylation sites is 2. The highest BCUT2D eigenvalue weighted by Gasteiger charge is 2.19. The van der Waals surface area contributed by atoms with Crippen molar-refractivity contribution in [1.29, 1.82) is 0 Å². The summed E-state index contributed by atoms with van der Waals surface area (Å²) in [4.78, 5) is 15.7. The zero-order valence-corrected chi connectivity index (χ0v) is 13.9. The van der Waals surface area contributed by atoms with Crippen LogP contribution in [0, 0.1) is 0 Å². The van der Waals surface area contributed by atoms with Gasteiger partial charge < -0.3 is 15.3 Å². The smallest absolute Gasteiger partial charge is 0.224 e. The summed E-state index contributed by atoms with van der Waals surface area (Å²) < 4.78 is 0. The van der Waals surface area contributed by atoms with Crippen LogP contribution in [0.25, 0.3) is 0 Å². The first-order valence-corrected chi connectivity index (χ1v) is 8.94. The molecule has 0 unspecified atom stereocenters. The van der Waals surface area contributed by atoms with Crippen molar-refractivity contribution in [2.24, 2.45) is 0 Å². The van der Waals surface area contributed by atoms with Crippen LogP contribution in [0.15, 0.2) is 41.8 Å². The van der Waals surface area contributed by atoms with Gasteiger partial charge in [0.1, 0.15) is 0 Å². The minimum atomic E-state index is -0.196. The van der Waals surface area contributed by atoms with E-state index in [9.17, 15) is 9.90 Å². The molecule has 1 saturated heterocycles. The van der Waals surface area contributed by atoms with Gasteiger partial charge in [0.15, 0.2) is 0 Å². The van der Waals surface area contributed by atoms with E-state index in [2.05, 4.69) is 16.3 Å². The summed E-state index contributed by atoms with van der Waals surface area (Å²) in [6, 6.07) is 12.0. The molecule has 122 valence electrons. The van der Waals surface area contributed by atoms with Crippen molar-refractivity contribution in [2.75, 3.05) is 23.3 Å². The molecule has 1 aromatic heterocycles. The number of anilines is 2. The van der Waals surface area contributed by atoms with E-state index in [1.807, 2.05) is 35.7 Å². The van der Waals surface area contributed by atoms with E-state index >= 15 is 0 Å². The van der Waals surface area contributed by atoms with E-state index in [1.54, 1.807) is 11.3 Å². The summed E-state index contributed by atoms with van der Waals surface area (Å²) >= 11 is 1.69. The molecule has 0 atom stereocenters. The molecular formula is C18H22N2O2S. The molecule has 1 fully saturated rings. The molecule has 5 heteroatoms. The second-order valence-electron chi connectivity index (χ2n) is 5.86. The highest BCUT2D eigenvalue weighted by atomic mass is 32.1. The van der Waals surface area contributed by atoms with Crippen molar-refractivity contribution < 1.29 is 9.90 Å². The van der Waals surface area contributed by atoms with Crippen LogP contribution in [0.5, 0.6) is 0 Å². The van der Waals surface area contributed by atoms with Gasteiger partial charge >= 0.3 is 0 Å². The van der Waals surface area contributed by atoms with Crippen LogP contribution in [0.1, 0.15) is 24.1 Å². The molecule has 0 bridgehead atoms. The molecule has 2 heterocycles. The van der Waals surface area contributed by atoms with Crippen molar-refractivity contribution in [3.05, 3.63) is 46.7 Å². The molecule has 3 rings (SSSR count). The Morgan fingerprint density at radius 3 is 2.74 bits per heavy atom. The number of hydrogen-bond acceptors (Lipinski definition) is 4. The van der Waals surface area contributed by atoms with Crippen LogP contribution >= 0.6 is 11.3 Å². The molecule has 0 spiro atoms. The largest absolute Gasteiger partial charge is 0.393 e. The van der Waals surface area contributed by atoms with Crippen LogP contribution in [0.3, 0.4) is 0 Å². The van der Waals surface area contributed by atoms with Crippen LogP contribution in [-0.2, 0) is 11.2 Å². The predicted molar refractivity (Wildman–Crippen MR) is 95.2 cm³/mol. The molecule has 2 aromatic rings. The van der Waals surface area contributed by atoms with E-state index in [4.69, 9.17) is 0 Å². The number of piperidine rings is 1. The quantitative estimate of drug-likeness (QED) is 0.884. The number of nitrogens with zero attached hydrogens (tertiary/aromatic N) is 1. The Balaban J connectivity index is 1.62. The molecule has 2 N–H and O–H groups in total. The number of aryl methyl sites for hydroxylation is 1. The number of benzene rings is 1. The number of amides is 1. The maximum atomic E-state index is 12.2. The van der Waals surface area contributed by atoms with Gasteiger partial charge in [0, 0.05) is 24.4 Å². The summed E-state index contributed by atoms with van der Waals surface area (Å²) in [6.45, 7) is 1.65. The molecule has 23 heavy (non-hydrogen) atoms. The van der Waals surface area contributed by atoms with Gasteiger partial charge in [-0.3, -0.25) is 4.79 Å². The molecule has 1 aliphatic heterocycles. The van der Waals surface area contributed by atoms with Crippen molar-refractivity contribution in [3.63, 3.8) is 0 Å². The highest BCUT2D eigenvalue weighted by molar-refractivity contribution is 7.09. The van der Waals surface area contributed by atoms with Gasteiger partial charge in [0.25, 0.3) is 0 Å². The van der Waals surface area contributed by atoms with E-state index < -0.39 is 0 Å². The SMILES string of the molecule is O=C(CCc1cccs1)Nc1ccccc1N1CCC(O)CC1. The number of nitrogens with one attached hydrogen (secondary N) is 1. The molecule has 0 radical (unpaired) electrons. The lowest BCUT2D eigenvalue weighted by Gasteiger charge is -2.32. The predicted octanol–water partition coefficient (Wildman–Crippen LogP) is 3.28. The third-order valence-electron chi connectivity index (χ3n) is 4.16. The Hall–Kier alpha value is -1.85. The molecule has 1 aliphatic rings. The molecule has 0 aliphatic carbocycles. The second kappa shape index (κ2) is 7.62. The van der Waals surface area contributed by atoms with Crippen molar-refractivity contribution in [2.45, 2.75) is 31.8 Å². The highest BCUT2D eigenvalue weighted by Crippen LogP contribution is 2.28. The fourth-order valence-electron chi connectivity index (χ4n) is 2.87. The summed E-state index contributed by atoms with van der Waals surface area (Å²) in [5.41, 5.74) is 1.91. The summed E-state index contributed by atoms with van der Waals surface area (Å²) in [6.07, 6.45) is 2.63. The lowest BCUT2D eigenvalue weighted by Crippen LogP contribution is -2.36. The normalized spacial score (nSPS) is 15.6. The standard InChI is InChI=1S/C18H22N2O2S/c21-14-9-11-20(12-10-14)17-6-2-1-5-16(17)19-18(22)8-7-15-4-3-13-23-15/h1-6,13-14,21H,7-12H2,(H,19,22). The molecular weight excluding hydrogens is 308 g/mol. The number of carbonyl (C=O) groups is 1. The first-order valence-electron chi connectivity index (χ1n) is 8.06. The number of aliphatic hydroxyl groups is 1. The van der Waals surface area contributed by atoms with Crippen LogP contribution < -0.4 is 10.2 Å². The zero-order chi connectivity index (χ0) is 16.1. The number of rotatable bonds is 5. The van der Waals surface area contributed by atoms with Crippen LogP contribution in [0.4, 0.5) is 11.4 Å². The second-order valence-corrected chi connectivity index (χ2v) is 6.90. The van der Waals surface area contributed by atoms with E-state index in [1.165, 1.54) is 4.88 Å². The fraction of sp³-hybridized carbons (Fsp3) is 0.389. The zero-order valence-electron chi connectivity index (χ0n) is 13.1. The van der Waals surface area contributed by atoms with Gasteiger partial charge in [0.2, 0.25) is 5.91 Å². The lowest BCUT2D eigenvalue weighted by molar-refractivity contribution is -0.116. The van der Waals surface area contributed by atoms with Gasteiger partial charge in [-0.05, 0) is 42.8 Å². The van der Waals surface area contributed by atoms with Crippen LogP contribution in [0.2, 0.25) is 0 Å². The lowest BCUT2D eigenvalue weighted by atomic mass is 10.1. The van der Waals surface area contributed by atoms with Gasteiger partial charge in [-0.25, -0.2) is 0 Å². The van der Waals surface area contributed by atoms with Gasteiger partial charge in [-0.1, -0.05) is 18.2 Å². The first-order chi connectivity index (χ1) is 11.2. The minimum Gasteiger partial charge on any atom is -0.393 e.